The van der Waals surface area contributed by atoms with Crippen LogP contribution in [0.3, 0.4) is 0 Å². The van der Waals surface area contributed by atoms with Crippen LogP contribution in [0.5, 0.6) is 5.75 Å². The van der Waals surface area contributed by atoms with Crippen molar-refractivity contribution in [1.82, 2.24) is 0 Å². The summed E-state index contributed by atoms with van der Waals surface area (Å²) in [6, 6.07) is 12.5. The molecule has 6 nitrogen and oxygen atoms in total. The van der Waals surface area contributed by atoms with E-state index in [0.717, 1.165) is 40.9 Å². The molecule has 1 aliphatic heterocycles. The van der Waals surface area contributed by atoms with Gasteiger partial charge in [-0.05, 0) is 61.4 Å². The number of hydrogen-bond acceptors (Lipinski definition) is 7. The lowest BCUT2D eigenvalue weighted by Crippen LogP contribution is -2.37. The molecule has 0 amide bonds. The first-order valence-corrected chi connectivity index (χ1v) is 14.3. The average Bonchev–Trinajstić information content (AvgIpc) is 3.76. The monoisotopic (exact) mass is 543 g/mol. The first-order chi connectivity index (χ1) is 19.0. The number of ether oxygens (including phenoxy) is 3. The highest BCUT2D eigenvalue weighted by Gasteiger charge is 2.29. The van der Waals surface area contributed by atoms with Gasteiger partial charge in [0.25, 0.3) is 0 Å². The topological polar surface area (TPSA) is 87.6 Å². The Bertz CT molecular complexity index is 1230. The lowest BCUT2D eigenvalue weighted by atomic mass is 9.89. The summed E-state index contributed by atoms with van der Waals surface area (Å²) < 4.78 is 16.6. The molecule has 0 N–H and O–H groups in total. The van der Waals surface area contributed by atoms with Gasteiger partial charge in [0, 0.05) is 29.5 Å². The van der Waals surface area contributed by atoms with Crippen molar-refractivity contribution in [3.8, 4) is 17.9 Å². The summed E-state index contributed by atoms with van der Waals surface area (Å²) in [5.41, 5.74) is 4.55. The molecule has 0 radical (unpaired) electrons. The van der Waals surface area contributed by atoms with Crippen LogP contribution in [0.2, 0.25) is 0 Å². The van der Waals surface area contributed by atoms with Crippen LogP contribution >= 0.6 is 11.8 Å². The zero-order valence-corrected chi connectivity index (χ0v) is 23.9. The van der Waals surface area contributed by atoms with Gasteiger partial charge in [0.2, 0.25) is 0 Å². The van der Waals surface area contributed by atoms with E-state index >= 15 is 0 Å². The molecule has 7 heteroatoms. The molecule has 1 heterocycles. The first-order valence-electron chi connectivity index (χ1n) is 13.3. The Morgan fingerprint density at radius 1 is 1.15 bits per heavy atom. The second-order valence-corrected chi connectivity index (χ2v) is 10.4. The number of nitrogens with zero attached hydrogens (tertiary/aromatic N) is 3. The van der Waals surface area contributed by atoms with E-state index in [-0.39, 0.29) is 6.10 Å². The summed E-state index contributed by atoms with van der Waals surface area (Å²) in [6.07, 6.45) is 10.6. The fourth-order valence-electron chi connectivity index (χ4n) is 4.01. The zero-order chi connectivity index (χ0) is 28.0. The van der Waals surface area contributed by atoms with E-state index in [9.17, 15) is 10.5 Å². The summed E-state index contributed by atoms with van der Waals surface area (Å²) in [5.74, 6) is 1.73. The standard InChI is InChI=1S/C32H37N3O3S/c1-5-7-31(39-22-23(2)8-6-15-35-4)30(19-34)32(29(18-33)24(3)25-9-10-25)26-11-13-27(14-12-26)37-16-17-38-28-20-36-21-28/h6-8,11-15,25,28H,2,5,9-10,16-17,20-22H2,1,3-4H3/b8-6-,29-24+,31-7-,32-30-,35-15?. The van der Waals surface area contributed by atoms with E-state index in [4.69, 9.17) is 14.2 Å². The number of allylic oxidation sites excluding steroid dienone is 7. The van der Waals surface area contributed by atoms with E-state index in [1.807, 2.05) is 50.3 Å². The Kier molecular flexibility index (Phi) is 12.3. The molecular formula is C32H37N3O3S. The molecule has 39 heavy (non-hydrogen) atoms. The lowest BCUT2D eigenvalue weighted by molar-refractivity contribution is -0.132. The van der Waals surface area contributed by atoms with E-state index in [2.05, 4.69) is 29.8 Å². The fourth-order valence-corrected chi connectivity index (χ4v) is 5.03. The van der Waals surface area contributed by atoms with Gasteiger partial charge in [-0.3, -0.25) is 4.99 Å². The van der Waals surface area contributed by atoms with Gasteiger partial charge in [0.1, 0.15) is 24.5 Å². The van der Waals surface area contributed by atoms with Crippen LogP contribution in [-0.2, 0) is 9.47 Å². The van der Waals surface area contributed by atoms with Gasteiger partial charge in [-0.1, -0.05) is 43.4 Å². The summed E-state index contributed by atoms with van der Waals surface area (Å²) in [4.78, 5) is 4.81. The van der Waals surface area contributed by atoms with Crippen LogP contribution in [-0.4, -0.2) is 51.5 Å². The van der Waals surface area contributed by atoms with Crippen LogP contribution in [0.15, 0.2) is 81.3 Å². The smallest absolute Gasteiger partial charge is 0.119 e. The van der Waals surface area contributed by atoms with Crippen molar-refractivity contribution in [2.75, 3.05) is 39.2 Å². The minimum atomic E-state index is 0.167. The van der Waals surface area contributed by atoms with E-state index < -0.39 is 0 Å². The summed E-state index contributed by atoms with van der Waals surface area (Å²) >= 11 is 1.56. The third kappa shape index (κ3) is 9.11. The van der Waals surface area contributed by atoms with E-state index in [1.165, 1.54) is 0 Å². The Hall–Kier alpha value is -3.36. The Labute approximate surface area is 237 Å². The number of nitriles is 2. The summed E-state index contributed by atoms with van der Waals surface area (Å²) in [7, 11) is 1.72. The average molecular weight is 544 g/mol. The normalized spacial score (nSPS) is 17.3. The molecule has 0 spiro atoms. The van der Waals surface area contributed by atoms with Crippen molar-refractivity contribution in [2.45, 2.75) is 39.2 Å². The second-order valence-electron chi connectivity index (χ2n) is 9.40. The second kappa shape index (κ2) is 15.9. The van der Waals surface area contributed by atoms with Gasteiger partial charge < -0.3 is 14.2 Å². The molecule has 0 atom stereocenters. The van der Waals surface area contributed by atoms with Crippen molar-refractivity contribution in [2.24, 2.45) is 10.9 Å². The molecule has 0 bridgehead atoms. The number of benzene rings is 1. The summed E-state index contributed by atoms with van der Waals surface area (Å²) in [5, 5.41) is 20.8. The Morgan fingerprint density at radius 3 is 2.44 bits per heavy atom. The maximum absolute atomic E-state index is 10.4. The molecule has 2 aliphatic rings. The van der Waals surface area contributed by atoms with Gasteiger partial charge in [-0.25, -0.2) is 0 Å². The molecule has 204 valence electrons. The SMILES string of the molecule is C=C(/C=C\C=NC)CSC(=C\CC)/C(C#N)=C(\C(C#N)=C(/C)C1CC1)c1ccc(OCCOC2COC2)cc1. The van der Waals surface area contributed by atoms with Crippen molar-refractivity contribution in [1.29, 1.82) is 10.5 Å². The maximum atomic E-state index is 10.4. The molecule has 1 aromatic rings. The highest BCUT2D eigenvalue weighted by molar-refractivity contribution is 8.03. The number of hydrogen-bond donors (Lipinski definition) is 0. The zero-order valence-electron chi connectivity index (χ0n) is 23.1. The predicted octanol–water partition coefficient (Wildman–Crippen LogP) is 6.85. The molecular weight excluding hydrogens is 506 g/mol. The van der Waals surface area contributed by atoms with Gasteiger partial charge in [-0.2, -0.15) is 10.5 Å². The highest BCUT2D eigenvalue weighted by atomic mass is 32.2. The maximum Gasteiger partial charge on any atom is 0.119 e. The van der Waals surface area contributed by atoms with Crippen molar-refractivity contribution in [3.05, 3.63) is 81.8 Å². The van der Waals surface area contributed by atoms with Crippen molar-refractivity contribution in [3.63, 3.8) is 0 Å². The predicted molar refractivity (Wildman–Crippen MR) is 160 cm³/mol. The van der Waals surface area contributed by atoms with Crippen molar-refractivity contribution >= 4 is 23.5 Å². The molecule has 3 rings (SSSR count). The van der Waals surface area contributed by atoms with Crippen LogP contribution in [0.25, 0.3) is 5.57 Å². The van der Waals surface area contributed by atoms with E-state index in [1.54, 1.807) is 25.0 Å². The van der Waals surface area contributed by atoms with Crippen LogP contribution in [0, 0.1) is 28.6 Å². The number of aliphatic imine (C=N–C) groups is 1. The number of rotatable bonds is 15. The molecule has 0 aromatic heterocycles. The molecule has 1 saturated heterocycles. The van der Waals surface area contributed by atoms with Crippen LogP contribution in [0.4, 0.5) is 0 Å². The van der Waals surface area contributed by atoms with Crippen LogP contribution < -0.4 is 4.74 Å². The Balaban J connectivity index is 1.92. The molecule has 1 aliphatic carbocycles. The third-order valence-electron chi connectivity index (χ3n) is 6.38. The largest absolute Gasteiger partial charge is 0.491 e. The lowest BCUT2D eigenvalue weighted by Gasteiger charge is -2.25. The van der Waals surface area contributed by atoms with Gasteiger partial charge in [0.15, 0.2) is 0 Å². The highest BCUT2D eigenvalue weighted by Crippen LogP contribution is 2.43. The molecule has 0 unspecified atom stereocenters. The van der Waals surface area contributed by atoms with Gasteiger partial charge >= 0.3 is 0 Å². The minimum absolute atomic E-state index is 0.167. The quantitative estimate of drug-likeness (QED) is 0.104. The van der Waals surface area contributed by atoms with Gasteiger partial charge in [0.05, 0.1) is 37.0 Å². The van der Waals surface area contributed by atoms with Crippen molar-refractivity contribution < 1.29 is 14.2 Å². The third-order valence-corrected chi connectivity index (χ3v) is 7.58. The molecule has 1 saturated carbocycles. The van der Waals surface area contributed by atoms with E-state index in [0.29, 0.717) is 60.6 Å². The summed E-state index contributed by atoms with van der Waals surface area (Å²) in [6.45, 7) is 10.4. The van der Waals surface area contributed by atoms with Crippen LogP contribution in [0.1, 0.15) is 38.7 Å². The first kappa shape index (κ1) is 30.2. The fraction of sp³-hybridized carbons (Fsp3) is 0.406. The van der Waals surface area contributed by atoms with Gasteiger partial charge in [-0.15, -0.1) is 11.8 Å². The Morgan fingerprint density at radius 2 is 1.87 bits per heavy atom. The molecule has 2 fully saturated rings. The minimum Gasteiger partial charge on any atom is -0.491 e. The number of thioether (sulfide) groups is 1. The molecule has 1 aromatic carbocycles.